The third kappa shape index (κ3) is 4.75. The maximum atomic E-state index is 4.60. The minimum absolute atomic E-state index is 0. The van der Waals surface area contributed by atoms with Crippen molar-refractivity contribution < 1.29 is 0 Å². The average molecular weight is 511 g/mol. The zero-order valence-corrected chi connectivity index (χ0v) is 19.3. The fraction of sp³-hybridized carbons (Fsp3) is 0.421. The maximum absolute atomic E-state index is 4.60. The van der Waals surface area contributed by atoms with Gasteiger partial charge in [0.25, 0.3) is 0 Å². The second kappa shape index (κ2) is 9.55. The second-order valence-corrected chi connectivity index (χ2v) is 7.80. The lowest BCUT2D eigenvalue weighted by Gasteiger charge is -2.21. The van der Waals surface area contributed by atoms with E-state index in [-0.39, 0.29) is 24.0 Å². The third-order valence-electron chi connectivity index (χ3n) is 4.87. The number of likely N-dealkylation sites (tertiary alicyclic amines) is 1. The third-order valence-corrected chi connectivity index (χ3v) is 5.87. The zero-order chi connectivity index (χ0) is 18.6. The van der Waals surface area contributed by atoms with E-state index in [0.29, 0.717) is 5.92 Å². The van der Waals surface area contributed by atoms with Crippen LogP contribution in [0.3, 0.4) is 0 Å². The standard InChI is InChI=1S/C19H25N7S.HI/c1-20-18(26-10-7-14(13-26)15-11-23-25(2)12-15)21-8-9-22-19-24-16-5-3-4-6-17(16)27-19;/h3-6,11-12,14H,7-10,13H2,1-2H3,(H,20,21)(H,22,24);1H. The number of hydrogen-bond acceptors (Lipinski definition) is 5. The van der Waals surface area contributed by atoms with Gasteiger partial charge in [-0.2, -0.15) is 5.10 Å². The molecule has 3 aromatic rings. The molecule has 1 fully saturated rings. The summed E-state index contributed by atoms with van der Waals surface area (Å²) in [6, 6.07) is 8.21. The first-order valence-electron chi connectivity index (χ1n) is 9.26. The van der Waals surface area contributed by atoms with Gasteiger partial charge in [-0.3, -0.25) is 9.67 Å². The predicted molar refractivity (Wildman–Crippen MR) is 127 cm³/mol. The van der Waals surface area contributed by atoms with E-state index in [9.17, 15) is 0 Å². The molecule has 1 atom stereocenters. The van der Waals surface area contributed by atoms with Gasteiger partial charge >= 0.3 is 0 Å². The molecule has 2 aromatic heterocycles. The SMILES string of the molecule is CN=C(NCCNc1nc2ccccc2s1)N1CCC(c2cnn(C)c2)C1.I. The van der Waals surface area contributed by atoms with E-state index in [1.807, 2.05) is 43.2 Å². The van der Waals surface area contributed by atoms with E-state index in [2.05, 4.69) is 42.9 Å². The second-order valence-electron chi connectivity index (χ2n) is 6.77. The molecule has 9 heteroatoms. The maximum Gasteiger partial charge on any atom is 0.193 e. The minimum Gasteiger partial charge on any atom is -0.360 e. The van der Waals surface area contributed by atoms with Crippen molar-refractivity contribution >= 4 is 56.6 Å². The number of hydrogen-bond donors (Lipinski definition) is 2. The topological polar surface area (TPSA) is 70.4 Å². The lowest BCUT2D eigenvalue weighted by Crippen LogP contribution is -2.41. The quantitative estimate of drug-likeness (QED) is 0.239. The number of rotatable bonds is 5. The van der Waals surface area contributed by atoms with Crippen LogP contribution >= 0.6 is 35.3 Å². The molecular weight excluding hydrogens is 485 g/mol. The number of thiazole rings is 1. The van der Waals surface area contributed by atoms with Crippen LogP contribution in [0, 0.1) is 0 Å². The molecule has 1 saturated heterocycles. The van der Waals surface area contributed by atoms with Crippen molar-refractivity contribution in [3.63, 3.8) is 0 Å². The van der Waals surface area contributed by atoms with Crippen molar-refractivity contribution in [2.45, 2.75) is 12.3 Å². The lowest BCUT2D eigenvalue weighted by atomic mass is 10.0. The number of nitrogens with one attached hydrogen (secondary N) is 2. The van der Waals surface area contributed by atoms with Gasteiger partial charge in [-0.25, -0.2) is 4.98 Å². The van der Waals surface area contributed by atoms with Crippen molar-refractivity contribution in [2.24, 2.45) is 12.0 Å². The number of halogens is 1. The summed E-state index contributed by atoms with van der Waals surface area (Å²) in [5.41, 5.74) is 2.36. The smallest absolute Gasteiger partial charge is 0.193 e. The molecule has 0 saturated carbocycles. The predicted octanol–water partition coefficient (Wildman–Crippen LogP) is 3.12. The summed E-state index contributed by atoms with van der Waals surface area (Å²) in [4.78, 5) is 11.4. The van der Waals surface area contributed by atoms with Gasteiger partial charge in [-0.05, 0) is 24.1 Å². The van der Waals surface area contributed by atoms with E-state index in [1.54, 1.807) is 11.3 Å². The number of fused-ring (bicyclic) bond motifs is 1. The summed E-state index contributed by atoms with van der Waals surface area (Å²) in [5, 5.41) is 12.1. The van der Waals surface area contributed by atoms with Crippen molar-refractivity contribution in [3.05, 3.63) is 42.2 Å². The van der Waals surface area contributed by atoms with Crippen molar-refractivity contribution in [3.8, 4) is 0 Å². The molecule has 1 aliphatic rings. The van der Waals surface area contributed by atoms with Gasteiger partial charge in [0.2, 0.25) is 0 Å². The van der Waals surface area contributed by atoms with Crippen LogP contribution in [0.5, 0.6) is 0 Å². The van der Waals surface area contributed by atoms with Crippen LogP contribution in [-0.2, 0) is 7.05 Å². The molecule has 1 aromatic carbocycles. The van der Waals surface area contributed by atoms with Gasteiger partial charge in [-0.1, -0.05) is 23.5 Å². The molecule has 0 spiro atoms. The molecule has 4 rings (SSSR count). The summed E-state index contributed by atoms with van der Waals surface area (Å²) in [7, 11) is 3.82. The molecule has 1 aliphatic heterocycles. The Morgan fingerprint density at radius 2 is 2.18 bits per heavy atom. The van der Waals surface area contributed by atoms with Crippen LogP contribution in [0.2, 0.25) is 0 Å². The highest BCUT2D eigenvalue weighted by atomic mass is 127. The highest BCUT2D eigenvalue weighted by molar-refractivity contribution is 14.0. The van der Waals surface area contributed by atoms with Gasteiger partial charge in [0.1, 0.15) is 0 Å². The van der Waals surface area contributed by atoms with Crippen LogP contribution < -0.4 is 10.6 Å². The summed E-state index contributed by atoms with van der Waals surface area (Å²) >= 11 is 1.69. The van der Waals surface area contributed by atoms with Crippen molar-refractivity contribution in [2.75, 3.05) is 38.5 Å². The number of para-hydroxylation sites is 1. The Labute approximate surface area is 186 Å². The van der Waals surface area contributed by atoms with Gasteiger partial charge in [0, 0.05) is 52.4 Å². The Balaban J connectivity index is 0.00000225. The van der Waals surface area contributed by atoms with Crippen LogP contribution in [0.15, 0.2) is 41.7 Å². The van der Waals surface area contributed by atoms with Crippen LogP contribution in [0.4, 0.5) is 5.13 Å². The highest BCUT2D eigenvalue weighted by Crippen LogP contribution is 2.27. The molecule has 0 bridgehead atoms. The monoisotopic (exact) mass is 511 g/mol. The fourth-order valence-electron chi connectivity index (χ4n) is 3.50. The number of aryl methyl sites for hydroxylation is 1. The normalized spacial score (nSPS) is 17.0. The van der Waals surface area contributed by atoms with E-state index >= 15 is 0 Å². The first kappa shape index (κ1) is 20.8. The molecule has 150 valence electrons. The Morgan fingerprint density at radius 1 is 1.32 bits per heavy atom. The van der Waals surface area contributed by atoms with Crippen LogP contribution in [-0.4, -0.2) is 58.9 Å². The van der Waals surface area contributed by atoms with Crippen molar-refractivity contribution in [1.29, 1.82) is 0 Å². The van der Waals surface area contributed by atoms with Crippen molar-refractivity contribution in [1.82, 2.24) is 25.0 Å². The number of anilines is 1. The van der Waals surface area contributed by atoms with Gasteiger partial charge in [0.05, 0.1) is 16.4 Å². The summed E-state index contributed by atoms with van der Waals surface area (Å²) < 4.78 is 3.08. The average Bonchev–Trinajstić information content (AvgIpc) is 3.40. The Morgan fingerprint density at radius 3 is 2.93 bits per heavy atom. The number of guanidine groups is 1. The molecule has 0 amide bonds. The van der Waals surface area contributed by atoms with E-state index in [4.69, 9.17) is 0 Å². The summed E-state index contributed by atoms with van der Waals surface area (Å²) in [5.74, 6) is 1.49. The molecule has 7 nitrogen and oxygen atoms in total. The summed E-state index contributed by atoms with van der Waals surface area (Å²) in [6.45, 7) is 3.61. The number of aliphatic imine (C=N–C) groups is 1. The van der Waals surface area contributed by atoms with Crippen LogP contribution in [0.25, 0.3) is 10.2 Å². The Hall–Kier alpha value is -1.88. The molecule has 0 radical (unpaired) electrons. The first-order chi connectivity index (χ1) is 13.2. The van der Waals surface area contributed by atoms with E-state index < -0.39 is 0 Å². The lowest BCUT2D eigenvalue weighted by molar-refractivity contribution is 0.487. The largest absolute Gasteiger partial charge is 0.360 e. The first-order valence-corrected chi connectivity index (χ1v) is 10.1. The van der Waals surface area contributed by atoms with E-state index in [0.717, 1.165) is 49.2 Å². The molecule has 3 heterocycles. The fourth-order valence-corrected chi connectivity index (χ4v) is 4.39. The molecule has 28 heavy (non-hydrogen) atoms. The molecule has 0 aliphatic carbocycles. The molecule has 1 unspecified atom stereocenters. The Bertz CT molecular complexity index is 902. The number of benzene rings is 1. The van der Waals surface area contributed by atoms with E-state index in [1.165, 1.54) is 10.3 Å². The minimum atomic E-state index is 0. The summed E-state index contributed by atoms with van der Waals surface area (Å²) in [6.07, 6.45) is 5.23. The Kier molecular flexibility index (Phi) is 7.11. The van der Waals surface area contributed by atoms with Gasteiger partial charge in [-0.15, -0.1) is 24.0 Å². The number of nitrogens with zero attached hydrogens (tertiary/aromatic N) is 5. The molecular formula is C19H26IN7S. The highest BCUT2D eigenvalue weighted by Gasteiger charge is 2.26. The van der Waals surface area contributed by atoms with Crippen LogP contribution in [0.1, 0.15) is 17.9 Å². The van der Waals surface area contributed by atoms with Gasteiger partial charge < -0.3 is 15.5 Å². The molecule has 2 N–H and O–H groups in total. The zero-order valence-electron chi connectivity index (χ0n) is 16.1. The van der Waals surface area contributed by atoms with Gasteiger partial charge in [0.15, 0.2) is 11.1 Å². The number of aromatic nitrogens is 3.